The summed E-state index contributed by atoms with van der Waals surface area (Å²) in [6, 6.07) is 1.20. The third-order valence-electron chi connectivity index (χ3n) is 6.06. The molecule has 0 radical (unpaired) electrons. The Kier molecular flexibility index (Phi) is 8.76. The van der Waals surface area contributed by atoms with Gasteiger partial charge in [-0.25, -0.2) is 18.4 Å². The van der Waals surface area contributed by atoms with Crippen molar-refractivity contribution >= 4 is 15.9 Å². The number of carbonyl (C=O) groups is 1. The first kappa shape index (κ1) is 27.6. The maximum atomic E-state index is 13.5. The second-order valence-corrected chi connectivity index (χ2v) is 11.8. The number of carbonyl (C=O) groups excluding carboxylic acids is 1. The molecular formula is C25H35N5O5S. The van der Waals surface area contributed by atoms with E-state index >= 15 is 0 Å². The normalized spacial score (nSPS) is 19.2. The summed E-state index contributed by atoms with van der Waals surface area (Å²) in [7, 11) is -0.676. The fraction of sp³-hybridized carbons (Fsp3) is 0.560. The van der Waals surface area contributed by atoms with E-state index in [0.29, 0.717) is 17.9 Å². The Hall–Kier alpha value is -2.94. The van der Waals surface area contributed by atoms with Crippen molar-refractivity contribution in [3.05, 3.63) is 35.9 Å². The van der Waals surface area contributed by atoms with Gasteiger partial charge in [0.05, 0.1) is 25.5 Å². The lowest BCUT2D eigenvalue weighted by Crippen LogP contribution is -2.50. The molecule has 3 heterocycles. The molecule has 0 aromatic carbocycles. The molecule has 2 aromatic heterocycles. The number of sulfonamides is 1. The van der Waals surface area contributed by atoms with Crippen molar-refractivity contribution in [3.8, 4) is 17.7 Å². The van der Waals surface area contributed by atoms with Gasteiger partial charge in [-0.05, 0) is 18.9 Å². The molecule has 0 fully saturated rings. The Bertz CT molecular complexity index is 1250. The minimum Gasteiger partial charge on any atom is -0.472 e. The predicted molar refractivity (Wildman–Crippen MR) is 135 cm³/mol. The summed E-state index contributed by atoms with van der Waals surface area (Å²) in [4.78, 5) is 23.4. The van der Waals surface area contributed by atoms with Crippen molar-refractivity contribution in [2.24, 2.45) is 18.9 Å². The first-order valence-electron chi connectivity index (χ1n) is 12.0. The van der Waals surface area contributed by atoms with Crippen LogP contribution in [0.5, 0.6) is 5.88 Å². The van der Waals surface area contributed by atoms with Gasteiger partial charge in [0.2, 0.25) is 5.88 Å². The first-order chi connectivity index (χ1) is 16.9. The maximum Gasteiger partial charge on any atom is 0.261 e. The van der Waals surface area contributed by atoms with Gasteiger partial charge in [0.1, 0.15) is 11.7 Å². The average molecular weight is 518 g/mol. The van der Waals surface area contributed by atoms with Gasteiger partial charge in [-0.2, -0.15) is 4.31 Å². The minimum atomic E-state index is -3.85. The molecule has 11 heteroatoms. The number of pyridine rings is 1. The van der Waals surface area contributed by atoms with Crippen LogP contribution < -0.4 is 4.74 Å². The molecular weight excluding hydrogens is 482 g/mol. The summed E-state index contributed by atoms with van der Waals surface area (Å²) in [5.74, 6) is 6.10. The Morgan fingerprint density at radius 3 is 2.64 bits per heavy atom. The van der Waals surface area contributed by atoms with Crippen LogP contribution in [0, 0.1) is 23.7 Å². The van der Waals surface area contributed by atoms with Crippen LogP contribution in [-0.2, 0) is 17.1 Å². The lowest BCUT2D eigenvalue weighted by Gasteiger charge is -2.37. The number of amides is 1. The van der Waals surface area contributed by atoms with Gasteiger partial charge in [0.15, 0.2) is 5.03 Å². The fourth-order valence-corrected chi connectivity index (χ4v) is 4.92. The quantitative estimate of drug-likeness (QED) is 0.556. The van der Waals surface area contributed by atoms with Crippen LogP contribution in [-0.4, -0.2) is 82.1 Å². The molecule has 0 saturated heterocycles. The highest BCUT2D eigenvalue weighted by Gasteiger charge is 2.36. The van der Waals surface area contributed by atoms with Crippen LogP contribution in [0.25, 0.3) is 0 Å². The van der Waals surface area contributed by atoms with Crippen LogP contribution in [0.3, 0.4) is 0 Å². The molecule has 36 heavy (non-hydrogen) atoms. The largest absolute Gasteiger partial charge is 0.472 e. The molecule has 0 spiro atoms. The molecule has 0 unspecified atom stereocenters. The molecule has 0 aliphatic carbocycles. The van der Waals surface area contributed by atoms with Gasteiger partial charge in [0, 0.05) is 50.9 Å². The van der Waals surface area contributed by atoms with Gasteiger partial charge >= 0.3 is 0 Å². The molecule has 196 valence electrons. The number of fused-ring (bicyclic) bond motifs is 1. The number of hydrogen-bond acceptors (Lipinski definition) is 7. The van der Waals surface area contributed by atoms with Crippen LogP contribution in [0.2, 0.25) is 0 Å². The highest BCUT2D eigenvalue weighted by molar-refractivity contribution is 7.89. The molecule has 2 aromatic rings. The molecule has 1 N–H and O–H groups in total. The van der Waals surface area contributed by atoms with Crippen molar-refractivity contribution in [2.45, 2.75) is 51.3 Å². The molecule has 1 amide bonds. The van der Waals surface area contributed by atoms with Crippen molar-refractivity contribution in [1.82, 2.24) is 23.7 Å². The van der Waals surface area contributed by atoms with Crippen molar-refractivity contribution in [2.75, 3.05) is 26.7 Å². The highest BCUT2D eigenvalue weighted by atomic mass is 32.2. The second kappa shape index (κ2) is 11.4. The zero-order valence-corrected chi connectivity index (χ0v) is 22.5. The number of aliphatic hydroxyl groups is 1. The van der Waals surface area contributed by atoms with Gasteiger partial charge in [-0.1, -0.05) is 32.6 Å². The van der Waals surface area contributed by atoms with Crippen LogP contribution in [0.4, 0.5) is 0 Å². The SMILES string of the molecule is CC(C)CC#Cc1cnc2c(c1)C(=O)N([C@H](C)CO)C[C@H](C)[C@@H](CN(C)S(=O)(=O)c1cn(C)cn1)O2. The summed E-state index contributed by atoms with van der Waals surface area (Å²) in [6.45, 7) is 7.87. The van der Waals surface area contributed by atoms with E-state index in [9.17, 15) is 18.3 Å². The Morgan fingerprint density at radius 2 is 2.03 bits per heavy atom. The third kappa shape index (κ3) is 6.24. The van der Waals surface area contributed by atoms with Gasteiger partial charge in [0.25, 0.3) is 15.9 Å². The van der Waals surface area contributed by atoms with E-state index in [4.69, 9.17) is 4.74 Å². The smallest absolute Gasteiger partial charge is 0.261 e. The lowest BCUT2D eigenvalue weighted by atomic mass is 10.00. The summed E-state index contributed by atoms with van der Waals surface area (Å²) < 4.78 is 35.1. The predicted octanol–water partition coefficient (Wildman–Crippen LogP) is 1.75. The number of aryl methyl sites for hydroxylation is 1. The molecule has 3 atom stereocenters. The first-order valence-corrected chi connectivity index (χ1v) is 13.4. The van der Waals surface area contributed by atoms with E-state index < -0.39 is 22.2 Å². The van der Waals surface area contributed by atoms with E-state index in [1.54, 1.807) is 35.7 Å². The minimum absolute atomic E-state index is 0.0205. The average Bonchev–Trinajstić information content (AvgIpc) is 3.27. The number of aromatic nitrogens is 3. The zero-order chi connectivity index (χ0) is 26.6. The van der Waals surface area contributed by atoms with E-state index in [1.807, 2.05) is 6.92 Å². The van der Waals surface area contributed by atoms with Crippen LogP contribution in [0.1, 0.15) is 50.0 Å². The van der Waals surface area contributed by atoms with Crippen LogP contribution in [0.15, 0.2) is 29.8 Å². The Labute approximate surface area is 213 Å². The molecule has 1 aliphatic rings. The number of imidazole rings is 1. The monoisotopic (exact) mass is 517 g/mol. The number of aliphatic hydroxyl groups excluding tert-OH is 1. The summed E-state index contributed by atoms with van der Waals surface area (Å²) in [5.41, 5.74) is 0.821. The Balaban J connectivity index is 1.97. The molecule has 1 aliphatic heterocycles. The topological polar surface area (TPSA) is 118 Å². The van der Waals surface area contributed by atoms with Gasteiger partial charge in [-0.3, -0.25) is 4.79 Å². The lowest BCUT2D eigenvalue weighted by molar-refractivity contribution is 0.0373. The second-order valence-electron chi connectivity index (χ2n) is 9.76. The van der Waals surface area contributed by atoms with Crippen molar-refractivity contribution in [3.63, 3.8) is 0 Å². The Morgan fingerprint density at radius 1 is 1.31 bits per heavy atom. The van der Waals surface area contributed by atoms with Crippen molar-refractivity contribution < 1.29 is 23.1 Å². The molecule has 0 saturated carbocycles. The van der Waals surface area contributed by atoms with E-state index in [-0.39, 0.29) is 48.0 Å². The zero-order valence-electron chi connectivity index (χ0n) is 21.7. The fourth-order valence-electron chi connectivity index (χ4n) is 3.78. The highest BCUT2D eigenvalue weighted by Crippen LogP contribution is 2.28. The van der Waals surface area contributed by atoms with Crippen LogP contribution >= 0.6 is 0 Å². The third-order valence-corrected chi connectivity index (χ3v) is 7.77. The summed E-state index contributed by atoms with van der Waals surface area (Å²) in [5, 5.41) is 9.75. The number of ether oxygens (including phenoxy) is 1. The van der Waals surface area contributed by atoms with Gasteiger partial charge < -0.3 is 19.3 Å². The number of nitrogens with zero attached hydrogens (tertiary/aromatic N) is 5. The van der Waals surface area contributed by atoms with E-state index in [0.717, 1.165) is 0 Å². The molecule has 3 rings (SSSR count). The van der Waals surface area contributed by atoms with Gasteiger partial charge in [-0.15, -0.1) is 0 Å². The maximum absolute atomic E-state index is 13.5. The molecule has 0 bridgehead atoms. The van der Waals surface area contributed by atoms with E-state index in [2.05, 4.69) is 35.7 Å². The number of hydrogen-bond donors (Lipinski definition) is 1. The van der Waals surface area contributed by atoms with E-state index in [1.165, 1.54) is 23.9 Å². The number of likely N-dealkylation sites (N-methyl/N-ethyl adjacent to an activating group) is 1. The number of rotatable bonds is 7. The molecule has 10 nitrogen and oxygen atoms in total. The van der Waals surface area contributed by atoms with Crippen molar-refractivity contribution in [1.29, 1.82) is 0 Å². The summed E-state index contributed by atoms with van der Waals surface area (Å²) in [6.07, 6.45) is 4.52. The summed E-state index contributed by atoms with van der Waals surface area (Å²) >= 11 is 0. The standard InChI is InChI=1S/C25H35N5O5S/c1-17(2)8-7-9-20-10-21-24(26-11-20)35-22(18(3)12-30(25(21)32)19(4)15-31)13-29(6)36(33,34)23-14-28(5)16-27-23/h10-11,14,16-19,22,31H,8,12-13,15H2,1-6H3/t18-,19+,22+/m0/s1.